The average molecular weight is 217 g/mol. The second kappa shape index (κ2) is 4.19. The average Bonchev–Trinajstić information content (AvgIpc) is 3.07. The Kier molecular flexibility index (Phi) is 2.70. The molecular formula is C14H19NO. The Labute approximate surface area is 97.0 Å². The molecule has 3 rings (SSSR count). The number of ether oxygens (including phenoxy) is 1. The van der Waals surface area contributed by atoms with E-state index in [4.69, 9.17) is 4.74 Å². The Hall–Kier alpha value is -0.860. The summed E-state index contributed by atoms with van der Waals surface area (Å²) in [6, 6.07) is 9.06. The number of likely N-dealkylation sites (N-methyl/N-ethyl adjacent to an activating group) is 1. The number of hydrogen-bond acceptors (Lipinski definition) is 2. The zero-order chi connectivity index (χ0) is 11.0. The summed E-state index contributed by atoms with van der Waals surface area (Å²) in [6.45, 7) is 0.955. The maximum absolute atomic E-state index is 6.05. The van der Waals surface area contributed by atoms with Crippen LogP contribution >= 0.6 is 0 Å². The van der Waals surface area contributed by atoms with Gasteiger partial charge in [-0.3, -0.25) is 0 Å². The molecule has 86 valence electrons. The molecule has 0 heterocycles. The molecule has 2 aliphatic carbocycles. The topological polar surface area (TPSA) is 21.3 Å². The third kappa shape index (κ3) is 1.87. The molecule has 1 saturated carbocycles. The van der Waals surface area contributed by atoms with E-state index < -0.39 is 0 Å². The highest BCUT2D eigenvalue weighted by molar-refractivity contribution is 5.36. The van der Waals surface area contributed by atoms with Crippen molar-refractivity contribution >= 4 is 0 Å². The molecule has 0 amide bonds. The molecule has 1 N–H and O–H groups in total. The van der Waals surface area contributed by atoms with Crippen molar-refractivity contribution in [1.82, 2.24) is 5.32 Å². The van der Waals surface area contributed by atoms with Crippen LogP contribution in [0.5, 0.6) is 0 Å². The minimum absolute atomic E-state index is 0.336. The maximum atomic E-state index is 6.05. The van der Waals surface area contributed by atoms with Crippen LogP contribution in [0.15, 0.2) is 24.3 Å². The van der Waals surface area contributed by atoms with Gasteiger partial charge in [0.25, 0.3) is 0 Å². The Bertz CT molecular complexity index is 373. The van der Waals surface area contributed by atoms with Gasteiger partial charge >= 0.3 is 0 Å². The number of nitrogens with one attached hydrogen (secondary N) is 1. The first-order valence-electron chi connectivity index (χ1n) is 6.25. The summed E-state index contributed by atoms with van der Waals surface area (Å²) in [5, 5.41) is 3.39. The summed E-state index contributed by atoms with van der Waals surface area (Å²) in [5.74, 6) is 0.848. The Morgan fingerprint density at radius 1 is 1.31 bits per heavy atom. The van der Waals surface area contributed by atoms with Crippen LogP contribution in [0.3, 0.4) is 0 Å². The fourth-order valence-corrected chi connectivity index (χ4v) is 2.60. The molecular weight excluding hydrogens is 198 g/mol. The van der Waals surface area contributed by atoms with Gasteiger partial charge in [-0.15, -0.1) is 0 Å². The molecule has 1 aromatic rings. The molecule has 1 fully saturated rings. The van der Waals surface area contributed by atoms with E-state index in [-0.39, 0.29) is 0 Å². The van der Waals surface area contributed by atoms with Gasteiger partial charge in [-0.2, -0.15) is 0 Å². The van der Waals surface area contributed by atoms with Crippen molar-refractivity contribution in [1.29, 1.82) is 0 Å². The molecule has 0 spiro atoms. The van der Waals surface area contributed by atoms with Gasteiger partial charge in [0, 0.05) is 13.0 Å². The van der Waals surface area contributed by atoms with Crippen molar-refractivity contribution in [2.75, 3.05) is 13.7 Å². The van der Waals surface area contributed by atoms with Crippen molar-refractivity contribution in [3.8, 4) is 0 Å². The van der Waals surface area contributed by atoms with E-state index in [1.54, 1.807) is 0 Å². The molecule has 2 aliphatic rings. The van der Waals surface area contributed by atoms with Gasteiger partial charge in [-0.05, 0) is 36.9 Å². The minimum atomic E-state index is 0.336. The Morgan fingerprint density at radius 3 is 2.88 bits per heavy atom. The molecule has 2 unspecified atom stereocenters. The van der Waals surface area contributed by atoms with E-state index in [2.05, 4.69) is 29.6 Å². The molecule has 0 aromatic heterocycles. The number of benzene rings is 1. The van der Waals surface area contributed by atoms with E-state index >= 15 is 0 Å². The van der Waals surface area contributed by atoms with Gasteiger partial charge in [-0.1, -0.05) is 24.3 Å². The van der Waals surface area contributed by atoms with E-state index in [0.29, 0.717) is 12.1 Å². The lowest BCUT2D eigenvalue weighted by Crippen LogP contribution is -2.28. The molecule has 2 nitrogen and oxygen atoms in total. The van der Waals surface area contributed by atoms with Crippen molar-refractivity contribution in [3.05, 3.63) is 35.4 Å². The predicted molar refractivity (Wildman–Crippen MR) is 64.4 cm³/mol. The first kappa shape index (κ1) is 10.3. The van der Waals surface area contributed by atoms with Crippen LogP contribution in [-0.2, 0) is 11.2 Å². The Morgan fingerprint density at radius 2 is 2.12 bits per heavy atom. The van der Waals surface area contributed by atoms with Crippen molar-refractivity contribution < 1.29 is 4.74 Å². The molecule has 0 bridgehead atoms. The fraction of sp³-hybridized carbons (Fsp3) is 0.571. The lowest BCUT2D eigenvalue weighted by atomic mass is 10.1. The number of rotatable bonds is 4. The van der Waals surface area contributed by atoms with Crippen LogP contribution in [0.25, 0.3) is 0 Å². The zero-order valence-corrected chi connectivity index (χ0v) is 9.78. The lowest BCUT2D eigenvalue weighted by molar-refractivity contribution is 0.0299. The molecule has 1 aromatic carbocycles. The third-order valence-electron chi connectivity index (χ3n) is 3.74. The first-order chi connectivity index (χ1) is 7.88. The summed E-state index contributed by atoms with van der Waals surface area (Å²) in [5.41, 5.74) is 2.87. The highest BCUT2D eigenvalue weighted by atomic mass is 16.5. The zero-order valence-electron chi connectivity index (χ0n) is 9.78. The van der Waals surface area contributed by atoms with Crippen molar-refractivity contribution in [3.63, 3.8) is 0 Å². The number of fused-ring (bicyclic) bond motifs is 1. The van der Waals surface area contributed by atoms with Gasteiger partial charge in [-0.25, -0.2) is 0 Å². The van der Waals surface area contributed by atoms with Gasteiger partial charge in [0.2, 0.25) is 0 Å². The second-order valence-corrected chi connectivity index (χ2v) is 4.98. The van der Waals surface area contributed by atoms with Crippen LogP contribution in [-0.4, -0.2) is 19.8 Å². The van der Waals surface area contributed by atoms with Crippen LogP contribution < -0.4 is 5.32 Å². The molecule has 2 atom stereocenters. The largest absolute Gasteiger partial charge is 0.376 e. The van der Waals surface area contributed by atoms with Gasteiger partial charge in [0.05, 0.1) is 12.1 Å². The quantitative estimate of drug-likeness (QED) is 0.835. The normalized spacial score (nSPS) is 28.1. The molecule has 0 aliphatic heterocycles. The van der Waals surface area contributed by atoms with E-state index in [1.807, 2.05) is 7.05 Å². The second-order valence-electron chi connectivity index (χ2n) is 4.98. The van der Waals surface area contributed by atoms with Gasteiger partial charge in [0.1, 0.15) is 0 Å². The summed E-state index contributed by atoms with van der Waals surface area (Å²) >= 11 is 0. The van der Waals surface area contributed by atoms with Crippen molar-refractivity contribution in [2.45, 2.75) is 31.4 Å². The van der Waals surface area contributed by atoms with Gasteiger partial charge in [0.15, 0.2) is 0 Å². The Balaban J connectivity index is 1.72. The summed E-state index contributed by atoms with van der Waals surface area (Å²) in [4.78, 5) is 0. The number of hydrogen-bond donors (Lipinski definition) is 1. The predicted octanol–water partition coefficient (Wildman–Crippen LogP) is 2.30. The molecule has 2 heteroatoms. The van der Waals surface area contributed by atoms with E-state index in [0.717, 1.165) is 18.9 Å². The highest BCUT2D eigenvalue weighted by Gasteiger charge is 2.33. The summed E-state index contributed by atoms with van der Waals surface area (Å²) in [6.07, 6.45) is 4.13. The van der Waals surface area contributed by atoms with E-state index in [9.17, 15) is 0 Å². The van der Waals surface area contributed by atoms with E-state index in [1.165, 1.54) is 24.0 Å². The molecule has 0 saturated heterocycles. The SMILES string of the molecule is CNC1c2ccccc2CC1OCC1CC1. The lowest BCUT2D eigenvalue weighted by Gasteiger charge is -2.20. The summed E-state index contributed by atoms with van der Waals surface area (Å²) < 4.78 is 6.05. The van der Waals surface area contributed by atoms with Crippen LogP contribution in [0, 0.1) is 5.92 Å². The first-order valence-corrected chi connectivity index (χ1v) is 6.25. The van der Waals surface area contributed by atoms with Crippen LogP contribution in [0.1, 0.15) is 30.0 Å². The molecule has 16 heavy (non-hydrogen) atoms. The standard InChI is InChI=1S/C14H19NO/c1-15-14-12-5-3-2-4-11(12)8-13(14)16-9-10-6-7-10/h2-5,10,13-15H,6-9H2,1H3. The summed E-state index contributed by atoms with van der Waals surface area (Å²) in [7, 11) is 2.03. The highest BCUT2D eigenvalue weighted by Crippen LogP contribution is 2.35. The maximum Gasteiger partial charge on any atom is 0.0810 e. The third-order valence-corrected chi connectivity index (χ3v) is 3.74. The monoisotopic (exact) mass is 217 g/mol. The smallest absolute Gasteiger partial charge is 0.0810 e. The van der Waals surface area contributed by atoms with Crippen molar-refractivity contribution in [2.24, 2.45) is 5.92 Å². The minimum Gasteiger partial charge on any atom is -0.376 e. The van der Waals surface area contributed by atoms with Crippen LogP contribution in [0.4, 0.5) is 0 Å². The van der Waals surface area contributed by atoms with Gasteiger partial charge < -0.3 is 10.1 Å². The fourth-order valence-electron chi connectivity index (χ4n) is 2.60. The van der Waals surface area contributed by atoms with Crippen LogP contribution in [0.2, 0.25) is 0 Å². The molecule has 0 radical (unpaired) electrons.